The SMILES string of the molecule is CN=C(NCCc1ccccn1)N1CCN(c2ccccc2O)CC1. The molecule has 0 aliphatic carbocycles. The van der Waals surface area contributed by atoms with E-state index < -0.39 is 0 Å². The van der Waals surface area contributed by atoms with Crippen molar-refractivity contribution < 1.29 is 5.11 Å². The molecule has 2 heterocycles. The lowest BCUT2D eigenvalue weighted by atomic mass is 10.2. The van der Waals surface area contributed by atoms with Gasteiger partial charge in [0.15, 0.2) is 5.96 Å². The summed E-state index contributed by atoms with van der Waals surface area (Å²) in [6.07, 6.45) is 2.69. The van der Waals surface area contributed by atoms with E-state index in [0.717, 1.165) is 56.5 Å². The summed E-state index contributed by atoms with van der Waals surface area (Å²) in [5, 5.41) is 13.4. The summed E-state index contributed by atoms with van der Waals surface area (Å²) < 4.78 is 0. The van der Waals surface area contributed by atoms with E-state index >= 15 is 0 Å². The minimum absolute atomic E-state index is 0.341. The second kappa shape index (κ2) is 8.37. The Balaban J connectivity index is 1.50. The lowest BCUT2D eigenvalue weighted by molar-refractivity contribution is 0.370. The molecule has 2 N–H and O–H groups in total. The Bertz CT molecular complexity index is 696. The number of phenols is 1. The number of nitrogens with one attached hydrogen (secondary N) is 1. The third kappa shape index (κ3) is 4.41. The number of aliphatic imine (C=N–C) groups is 1. The van der Waals surface area contributed by atoms with Gasteiger partial charge in [0.1, 0.15) is 5.75 Å². The molecule has 0 amide bonds. The first-order chi connectivity index (χ1) is 12.3. The van der Waals surface area contributed by atoms with Crippen LogP contribution in [0.25, 0.3) is 0 Å². The quantitative estimate of drug-likeness (QED) is 0.656. The number of para-hydroxylation sites is 2. The number of pyridine rings is 1. The van der Waals surface area contributed by atoms with Gasteiger partial charge in [0.25, 0.3) is 0 Å². The van der Waals surface area contributed by atoms with E-state index in [9.17, 15) is 5.11 Å². The maximum absolute atomic E-state index is 10.0. The van der Waals surface area contributed by atoms with Crippen LogP contribution in [-0.4, -0.2) is 60.7 Å². The first kappa shape index (κ1) is 17.1. The van der Waals surface area contributed by atoms with Crippen LogP contribution in [0, 0.1) is 0 Å². The standard InChI is InChI=1S/C19H25N5O/c1-20-19(22-11-9-16-6-4-5-10-21-16)24-14-12-23(13-15-24)17-7-2-3-8-18(17)25/h2-8,10,25H,9,11-15H2,1H3,(H,20,22). The van der Waals surface area contributed by atoms with Crippen LogP contribution in [0.15, 0.2) is 53.7 Å². The van der Waals surface area contributed by atoms with Gasteiger partial charge in [-0.1, -0.05) is 18.2 Å². The third-order valence-electron chi connectivity index (χ3n) is 4.40. The molecule has 6 heteroatoms. The first-order valence-corrected chi connectivity index (χ1v) is 8.66. The summed E-state index contributed by atoms with van der Waals surface area (Å²) >= 11 is 0. The van der Waals surface area contributed by atoms with Gasteiger partial charge in [0.05, 0.1) is 5.69 Å². The molecule has 1 aromatic heterocycles. The number of piperazine rings is 1. The van der Waals surface area contributed by atoms with Gasteiger partial charge < -0.3 is 20.2 Å². The highest BCUT2D eigenvalue weighted by Gasteiger charge is 2.21. The minimum Gasteiger partial charge on any atom is -0.506 e. The van der Waals surface area contributed by atoms with E-state index in [-0.39, 0.29) is 0 Å². The molecule has 1 aliphatic heterocycles. The van der Waals surface area contributed by atoms with Crippen molar-refractivity contribution in [3.63, 3.8) is 0 Å². The number of phenolic OH excluding ortho intramolecular Hbond substituents is 1. The van der Waals surface area contributed by atoms with Crippen molar-refractivity contribution in [2.24, 2.45) is 4.99 Å². The minimum atomic E-state index is 0.341. The largest absolute Gasteiger partial charge is 0.506 e. The highest BCUT2D eigenvalue weighted by Crippen LogP contribution is 2.27. The van der Waals surface area contributed by atoms with Crippen LogP contribution in [0.4, 0.5) is 5.69 Å². The van der Waals surface area contributed by atoms with E-state index in [2.05, 4.69) is 25.1 Å². The molecule has 1 aromatic carbocycles. The van der Waals surface area contributed by atoms with Gasteiger partial charge in [0.2, 0.25) is 0 Å². The molecule has 0 bridgehead atoms. The van der Waals surface area contributed by atoms with Crippen molar-refractivity contribution in [3.8, 4) is 5.75 Å². The predicted octanol–water partition coefficient (Wildman–Crippen LogP) is 1.73. The number of aromatic nitrogens is 1. The average molecular weight is 339 g/mol. The summed E-state index contributed by atoms with van der Waals surface area (Å²) in [5.41, 5.74) is 1.98. The Hall–Kier alpha value is -2.76. The molecule has 1 saturated heterocycles. The van der Waals surface area contributed by atoms with E-state index in [1.165, 1.54) is 0 Å². The molecule has 132 valence electrons. The lowest BCUT2D eigenvalue weighted by Gasteiger charge is -2.37. The zero-order valence-corrected chi connectivity index (χ0v) is 14.6. The normalized spacial score (nSPS) is 15.3. The maximum Gasteiger partial charge on any atom is 0.193 e. The molecule has 1 aliphatic rings. The second-order valence-corrected chi connectivity index (χ2v) is 6.01. The van der Waals surface area contributed by atoms with Crippen molar-refractivity contribution >= 4 is 11.6 Å². The monoisotopic (exact) mass is 339 g/mol. The van der Waals surface area contributed by atoms with Crippen LogP contribution < -0.4 is 10.2 Å². The summed E-state index contributed by atoms with van der Waals surface area (Å²) in [7, 11) is 1.82. The first-order valence-electron chi connectivity index (χ1n) is 8.66. The molecule has 3 rings (SSSR count). The van der Waals surface area contributed by atoms with Crippen LogP contribution in [-0.2, 0) is 6.42 Å². The van der Waals surface area contributed by atoms with Crippen LogP contribution in [0.2, 0.25) is 0 Å². The number of hydrogen-bond donors (Lipinski definition) is 2. The summed E-state index contributed by atoms with van der Waals surface area (Å²) in [5.74, 6) is 1.27. The van der Waals surface area contributed by atoms with Gasteiger partial charge >= 0.3 is 0 Å². The molecule has 1 fully saturated rings. The summed E-state index contributed by atoms with van der Waals surface area (Å²) in [6.45, 7) is 4.27. The lowest BCUT2D eigenvalue weighted by Crippen LogP contribution is -2.52. The number of hydrogen-bond acceptors (Lipinski definition) is 4. The number of benzene rings is 1. The van der Waals surface area contributed by atoms with Gasteiger partial charge in [-0.05, 0) is 24.3 Å². The summed E-state index contributed by atoms with van der Waals surface area (Å²) in [4.78, 5) is 13.2. The highest BCUT2D eigenvalue weighted by molar-refractivity contribution is 5.80. The molecular formula is C19H25N5O. The molecule has 0 atom stereocenters. The highest BCUT2D eigenvalue weighted by atomic mass is 16.3. The number of anilines is 1. The number of aromatic hydroxyl groups is 1. The van der Waals surface area contributed by atoms with Crippen molar-refractivity contribution in [1.29, 1.82) is 0 Å². The zero-order chi connectivity index (χ0) is 17.5. The molecule has 0 unspecified atom stereocenters. The third-order valence-corrected chi connectivity index (χ3v) is 4.40. The van der Waals surface area contributed by atoms with Crippen molar-refractivity contribution in [2.75, 3.05) is 44.7 Å². The Morgan fingerprint density at radius 2 is 1.88 bits per heavy atom. The maximum atomic E-state index is 10.0. The van der Waals surface area contributed by atoms with Crippen LogP contribution in [0.5, 0.6) is 5.75 Å². The molecule has 2 aromatic rings. The van der Waals surface area contributed by atoms with Crippen molar-refractivity contribution in [3.05, 3.63) is 54.4 Å². The van der Waals surface area contributed by atoms with Gasteiger partial charge in [-0.2, -0.15) is 0 Å². The smallest absolute Gasteiger partial charge is 0.193 e. The Morgan fingerprint density at radius 3 is 2.56 bits per heavy atom. The van der Waals surface area contributed by atoms with Crippen molar-refractivity contribution in [1.82, 2.24) is 15.2 Å². The topological polar surface area (TPSA) is 64.0 Å². The molecule has 25 heavy (non-hydrogen) atoms. The van der Waals surface area contributed by atoms with Crippen molar-refractivity contribution in [2.45, 2.75) is 6.42 Å². The van der Waals surface area contributed by atoms with Gasteiger partial charge in [-0.3, -0.25) is 9.98 Å². The number of nitrogens with zero attached hydrogens (tertiary/aromatic N) is 4. The Morgan fingerprint density at radius 1 is 1.12 bits per heavy atom. The Labute approximate surface area is 148 Å². The molecule has 0 spiro atoms. The summed E-state index contributed by atoms with van der Waals surface area (Å²) in [6, 6.07) is 13.5. The van der Waals surface area contributed by atoms with Crippen LogP contribution in [0.1, 0.15) is 5.69 Å². The predicted molar refractivity (Wildman–Crippen MR) is 101 cm³/mol. The van der Waals surface area contributed by atoms with E-state index in [1.807, 2.05) is 49.6 Å². The fourth-order valence-electron chi connectivity index (χ4n) is 3.07. The second-order valence-electron chi connectivity index (χ2n) is 6.01. The van der Waals surface area contributed by atoms with Gasteiger partial charge in [-0.25, -0.2) is 0 Å². The molecule has 0 radical (unpaired) electrons. The van der Waals surface area contributed by atoms with Crippen LogP contribution in [0.3, 0.4) is 0 Å². The zero-order valence-electron chi connectivity index (χ0n) is 14.6. The molecule has 0 saturated carbocycles. The van der Waals surface area contributed by atoms with E-state index in [0.29, 0.717) is 5.75 Å². The number of guanidine groups is 1. The fraction of sp³-hybridized carbons (Fsp3) is 0.368. The molecular weight excluding hydrogens is 314 g/mol. The van der Waals surface area contributed by atoms with Gasteiger partial charge in [0, 0.05) is 58.1 Å². The van der Waals surface area contributed by atoms with Crippen LogP contribution >= 0.6 is 0 Å². The van der Waals surface area contributed by atoms with E-state index in [1.54, 1.807) is 6.07 Å². The number of rotatable bonds is 4. The average Bonchev–Trinajstić information content (AvgIpc) is 2.67. The van der Waals surface area contributed by atoms with E-state index in [4.69, 9.17) is 0 Å². The molecule has 6 nitrogen and oxygen atoms in total. The van der Waals surface area contributed by atoms with Gasteiger partial charge in [-0.15, -0.1) is 0 Å². The fourth-order valence-corrected chi connectivity index (χ4v) is 3.07. The Kier molecular flexibility index (Phi) is 5.72.